The molecule has 6 heteroatoms. The highest BCUT2D eigenvalue weighted by atomic mass is 79.9. The summed E-state index contributed by atoms with van der Waals surface area (Å²) in [7, 11) is 0. The number of nitrogens with zero attached hydrogens (tertiary/aromatic N) is 2. The Balaban J connectivity index is 1.88. The van der Waals surface area contributed by atoms with Crippen molar-refractivity contribution in [3.05, 3.63) is 50.7 Å². The van der Waals surface area contributed by atoms with Gasteiger partial charge in [0.15, 0.2) is 4.96 Å². The number of anilines is 1. The van der Waals surface area contributed by atoms with E-state index in [1.54, 1.807) is 11.3 Å². The maximum Gasteiger partial charge on any atom is 0.194 e. The number of aromatic nitrogens is 2. The molecule has 0 bridgehead atoms. The molecule has 1 aromatic carbocycles. The third kappa shape index (κ3) is 2.38. The zero-order valence-corrected chi connectivity index (χ0v) is 13.3. The number of rotatable bonds is 3. The molecule has 3 rings (SSSR count). The van der Waals surface area contributed by atoms with Crippen LogP contribution in [-0.4, -0.2) is 9.38 Å². The first-order chi connectivity index (χ1) is 9.16. The number of imidazole rings is 1. The third-order valence-electron chi connectivity index (χ3n) is 2.96. The fourth-order valence-corrected chi connectivity index (χ4v) is 3.33. The Morgan fingerprint density at radius 1 is 1.47 bits per heavy atom. The van der Waals surface area contributed by atoms with Gasteiger partial charge in [-0.3, -0.25) is 4.40 Å². The van der Waals surface area contributed by atoms with Crippen molar-refractivity contribution in [1.82, 2.24) is 9.38 Å². The van der Waals surface area contributed by atoms with Crippen molar-refractivity contribution in [1.29, 1.82) is 0 Å². The van der Waals surface area contributed by atoms with E-state index >= 15 is 0 Å². The Labute approximate surface area is 128 Å². The second-order valence-electron chi connectivity index (χ2n) is 4.15. The maximum absolute atomic E-state index is 6.08. The molecule has 3 nitrogen and oxygen atoms in total. The first kappa shape index (κ1) is 13.0. The summed E-state index contributed by atoms with van der Waals surface area (Å²) in [6, 6.07) is 5.79. The van der Waals surface area contributed by atoms with E-state index in [0.717, 1.165) is 20.8 Å². The minimum Gasteiger partial charge on any atom is -0.378 e. The lowest BCUT2D eigenvalue weighted by molar-refractivity contribution is 0.993. The lowest BCUT2D eigenvalue weighted by atomic mass is 10.3. The normalized spacial score (nSPS) is 11.1. The number of benzene rings is 1. The van der Waals surface area contributed by atoms with E-state index in [-0.39, 0.29) is 0 Å². The Bertz CT molecular complexity index is 735. The van der Waals surface area contributed by atoms with Gasteiger partial charge in [0.25, 0.3) is 0 Å². The van der Waals surface area contributed by atoms with E-state index in [1.165, 1.54) is 5.69 Å². The molecule has 0 saturated carbocycles. The summed E-state index contributed by atoms with van der Waals surface area (Å²) in [4.78, 5) is 5.56. The standard InChI is InChI=1S/C13H11BrClN3S/c1-8-11(18-5-6-19-13(18)17-8)7-16-10-4-2-3-9(15)12(10)14/h2-6,16H,7H2,1H3. The van der Waals surface area contributed by atoms with Crippen LogP contribution in [0.1, 0.15) is 11.4 Å². The average molecular weight is 357 g/mol. The van der Waals surface area contributed by atoms with Gasteiger partial charge in [-0.05, 0) is 35.0 Å². The summed E-state index contributed by atoms with van der Waals surface area (Å²) < 4.78 is 3.01. The van der Waals surface area contributed by atoms with Crippen molar-refractivity contribution in [3.63, 3.8) is 0 Å². The van der Waals surface area contributed by atoms with Crippen LogP contribution in [0.2, 0.25) is 5.02 Å². The molecular formula is C13H11BrClN3S. The molecule has 0 radical (unpaired) electrons. The molecule has 0 unspecified atom stereocenters. The molecule has 0 aliphatic heterocycles. The number of thiazole rings is 1. The van der Waals surface area contributed by atoms with Crippen molar-refractivity contribution >= 4 is 49.5 Å². The highest BCUT2D eigenvalue weighted by Gasteiger charge is 2.10. The van der Waals surface area contributed by atoms with E-state index in [2.05, 4.69) is 30.6 Å². The Hall–Kier alpha value is -1.04. The van der Waals surface area contributed by atoms with Gasteiger partial charge in [0.05, 0.1) is 33.1 Å². The van der Waals surface area contributed by atoms with E-state index in [0.29, 0.717) is 11.6 Å². The van der Waals surface area contributed by atoms with Crippen molar-refractivity contribution in [2.24, 2.45) is 0 Å². The molecule has 0 aliphatic carbocycles. The molecule has 0 amide bonds. The number of aryl methyl sites for hydroxylation is 1. The topological polar surface area (TPSA) is 29.3 Å². The summed E-state index contributed by atoms with van der Waals surface area (Å²) in [5, 5.41) is 6.14. The first-order valence-electron chi connectivity index (χ1n) is 5.75. The third-order valence-corrected chi connectivity index (χ3v) is 5.11. The predicted octanol–water partition coefficient (Wildman–Crippen LogP) is 4.73. The molecule has 0 atom stereocenters. The van der Waals surface area contributed by atoms with E-state index in [4.69, 9.17) is 11.6 Å². The summed E-state index contributed by atoms with van der Waals surface area (Å²) in [6.45, 7) is 2.74. The lowest BCUT2D eigenvalue weighted by Crippen LogP contribution is -2.04. The van der Waals surface area contributed by atoms with Crippen molar-refractivity contribution in [2.45, 2.75) is 13.5 Å². The quantitative estimate of drug-likeness (QED) is 0.735. The summed E-state index contributed by atoms with van der Waals surface area (Å²) in [6.07, 6.45) is 2.05. The van der Waals surface area contributed by atoms with Gasteiger partial charge in [-0.25, -0.2) is 4.98 Å². The van der Waals surface area contributed by atoms with Crippen LogP contribution in [-0.2, 0) is 6.54 Å². The van der Waals surface area contributed by atoms with Gasteiger partial charge >= 0.3 is 0 Å². The fourth-order valence-electron chi connectivity index (χ4n) is 1.97. The second-order valence-corrected chi connectivity index (χ2v) is 6.23. The number of nitrogens with one attached hydrogen (secondary N) is 1. The van der Waals surface area contributed by atoms with Gasteiger partial charge < -0.3 is 5.32 Å². The van der Waals surface area contributed by atoms with Gasteiger partial charge in [-0.1, -0.05) is 17.7 Å². The number of hydrogen-bond donors (Lipinski definition) is 1. The first-order valence-corrected chi connectivity index (χ1v) is 7.81. The largest absolute Gasteiger partial charge is 0.378 e. The van der Waals surface area contributed by atoms with Crippen LogP contribution >= 0.6 is 38.9 Å². The van der Waals surface area contributed by atoms with Crippen LogP contribution in [0.4, 0.5) is 5.69 Å². The monoisotopic (exact) mass is 355 g/mol. The molecule has 0 aliphatic rings. The van der Waals surface area contributed by atoms with Gasteiger partial charge in [0.1, 0.15) is 0 Å². The molecule has 0 saturated heterocycles. The van der Waals surface area contributed by atoms with Crippen LogP contribution < -0.4 is 5.32 Å². The van der Waals surface area contributed by atoms with E-state index in [1.807, 2.05) is 36.7 Å². The minimum absolute atomic E-state index is 0.704. The zero-order valence-electron chi connectivity index (χ0n) is 10.2. The molecule has 2 heterocycles. The molecule has 19 heavy (non-hydrogen) atoms. The van der Waals surface area contributed by atoms with Crippen molar-refractivity contribution in [3.8, 4) is 0 Å². The SMILES string of the molecule is Cc1nc2sccn2c1CNc1cccc(Cl)c1Br. The molecular weight excluding hydrogens is 346 g/mol. The lowest BCUT2D eigenvalue weighted by Gasteiger charge is -2.09. The zero-order chi connectivity index (χ0) is 13.4. The Morgan fingerprint density at radius 2 is 2.32 bits per heavy atom. The number of fused-ring (bicyclic) bond motifs is 1. The molecule has 2 aromatic heterocycles. The highest BCUT2D eigenvalue weighted by Crippen LogP contribution is 2.30. The molecule has 0 fully saturated rings. The van der Waals surface area contributed by atoms with Crippen LogP contribution in [0.3, 0.4) is 0 Å². The van der Waals surface area contributed by atoms with Gasteiger partial charge in [0.2, 0.25) is 0 Å². The smallest absolute Gasteiger partial charge is 0.194 e. The van der Waals surface area contributed by atoms with Crippen LogP contribution in [0.5, 0.6) is 0 Å². The van der Waals surface area contributed by atoms with Gasteiger partial charge in [-0.15, -0.1) is 11.3 Å². The molecule has 0 spiro atoms. The average Bonchev–Trinajstić information content (AvgIpc) is 2.93. The molecule has 98 valence electrons. The second kappa shape index (κ2) is 5.15. The van der Waals surface area contributed by atoms with Crippen LogP contribution in [0.25, 0.3) is 4.96 Å². The highest BCUT2D eigenvalue weighted by molar-refractivity contribution is 9.10. The number of hydrogen-bond acceptors (Lipinski definition) is 3. The predicted molar refractivity (Wildman–Crippen MR) is 84.3 cm³/mol. The van der Waals surface area contributed by atoms with Crippen LogP contribution in [0.15, 0.2) is 34.2 Å². The fraction of sp³-hybridized carbons (Fsp3) is 0.154. The van der Waals surface area contributed by atoms with Gasteiger partial charge in [-0.2, -0.15) is 0 Å². The van der Waals surface area contributed by atoms with Crippen molar-refractivity contribution < 1.29 is 0 Å². The van der Waals surface area contributed by atoms with Gasteiger partial charge in [0, 0.05) is 11.6 Å². The van der Waals surface area contributed by atoms with Crippen LogP contribution in [0, 0.1) is 6.92 Å². The summed E-state index contributed by atoms with van der Waals surface area (Å²) in [5.74, 6) is 0. The Kier molecular flexibility index (Phi) is 3.52. The van der Waals surface area contributed by atoms with E-state index in [9.17, 15) is 0 Å². The molecule has 3 aromatic rings. The Morgan fingerprint density at radius 3 is 3.16 bits per heavy atom. The summed E-state index contributed by atoms with van der Waals surface area (Å²) in [5.41, 5.74) is 3.21. The maximum atomic E-state index is 6.08. The number of halogens is 2. The van der Waals surface area contributed by atoms with Crippen molar-refractivity contribution in [2.75, 3.05) is 5.32 Å². The summed E-state index contributed by atoms with van der Waals surface area (Å²) >= 11 is 11.2. The van der Waals surface area contributed by atoms with E-state index < -0.39 is 0 Å². The minimum atomic E-state index is 0.704. The molecule has 1 N–H and O–H groups in total.